The van der Waals surface area contributed by atoms with Gasteiger partial charge in [0.1, 0.15) is 0 Å². The van der Waals surface area contributed by atoms with Crippen molar-refractivity contribution in [1.82, 2.24) is 5.32 Å². The molecule has 15 heavy (non-hydrogen) atoms. The average molecular weight is 225 g/mol. The first-order valence-electron chi connectivity index (χ1n) is 5.21. The van der Waals surface area contributed by atoms with E-state index in [1.165, 1.54) is 6.92 Å². The van der Waals surface area contributed by atoms with Crippen LogP contribution >= 0.6 is 11.3 Å². The zero-order chi connectivity index (χ0) is 10.8. The topological polar surface area (TPSA) is 49.3 Å². The molecule has 0 saturated heterocycles. The molecule has 0 fully saturated rings. The SMILES string of the molecule is CC(=O)N[C@@H]1CCC[C@@H](O)c2sccc21. The maximum absolute atomic E-state index is 11.1. The number of nitrogens with one attached hydrogen (secondary N) is 1. The zero-order valence-corrected chi connectivity index (χ0v) is 9.51. The van der Waals surface area contributed by atoms with Crippen LogP contribution in [0.2, 0.25) is 0 Å². The van der Waals surface area contributed by atoms with E-state index in [0.717, 1.165) is 29.7 Å². The molecular formula is C11H15NO2S. The standard InChI is InChI=1S/C11H15NO2S/c1-7(13)12-9-3-2-4-10(14)11-8(9)5-6-15-11/h5-6,9-10,14H,2-4H2,1H3,(H,12,13)/t9-,10-/m1/s1. The Kier molecular flexibility index (Phi) is 3.07. The van der Waals surface area contributed by atoms with Crippen LogP contribution in [-0.2, 0) is 4.79 Å². The maximum Gasteiger partial charge on any atom is 0.217 e. The predicted octanol–water partition coefficient (Wildman–Crippen LogP) is 2.14. The Bertz CT molecular complexity index is 361. The number of hydrogen-bond donors (Lipinski definition) is 2. The Morgan fingerprint density at radius 2 is 2.40 bits per heavy atom. The smallest absolute Gasteiger partial charge is 0.217 e. The van der Waals surface area contributed by atoms with E-state index in [1.807, 2.05) is 11.4 Å². The van der Waals surface area contributed by atoms with Crippen LogP contribution in [0.25, 0.3) is 0 Å². The van der Waals surface area contributed by atoms with Crippen molar-refractivity contribution in [3.63, 3.8) is 0 Å². The lowest BCUT2D eigenvalue weighted by atomic mass is 10.1. The summed E-state index contributed by atoms with van der Waals surface area (Å²) in [5.41, 5.74) is 1.10. The molecule has 3 nitrogen and oxygen atoms in total. The quantitative estimate of drug-likeness (QED) is 0.719. The second kappa shape index (κ2) is 4.33. The van der Waals surface area contributed by atoms with Gasteiger partial charge in [-0.2, -0.15) is 0 Å². The van der Waals surface area contributed by atoms with E-state index in [-0.39, 0.29) is 18.1 Å². The van der Waals surface area contributed by atoms with Gasteiger partial charge in [-0.1, -0.05) is 0 Å². The van der Waals surface area contributed by atoms with Gasteiger partial charge in [-0.15, -0.1) is 11.3 Å². The number of carbonyl (C=O) groups excluding carboxylic acids is 1. The minimum Gasteiger partial charge on any atom is -0.388 e. The monoisotopic (exact) mass is 225 g/mol. The number of rotatable bonds is 1. The molecule has 0 saturated carbocycles. The Hall–Kier alpha value is -0.870. The highest BCUT2D eigenvalue weighted by atomic mass is 32.1. The van der Waals surface area contributed by atoms with Crippen LogP contribution in [0.15, 0.2) is 11.4 Å². The number of hydrogen-bond acceptors (Lipinski definition) is 3. The fourth-order valence-corrected chi connectivity index (χ4v) is 3.07. The zero-order valence-electron chi connectivity index (χ0n) is 8.69. The van der Waals surface area contributed by atoms with Gasteiger partial charge in [0.15, 0.2) is 0 Å². The molecule has 0 bridgehead atoms. The molecular weight excluding hydrogens is 210 g/mol. The van der Waals surface area contributed by atoms with Crippen molar-refractivity contribution in [3.05, 3.63) is 21.9 Å². The Morgan fingerprint density at radius 1 is 1.60 bits per heavy atom. The summed E-state index contributed by atoms with van der Waals surface area (Å²) >= 11 is 1.58. The molecule has 2 N–H and O–H groups in total. The van der Waals surface area contributed by atoms with Crippen LogP contribution < -0.4 is 5.32 Å². The van der Waals surface area contributed by atoms with Gasteiger partial charge in [-0.05, 0) is 36.3 Å². The molecule has 1 aromatic heterocycles. The highest BCUT2D eigenvalue weighted by Gasteiger charge is 2.24. The Morgan fingerprint density at radius 3 is 3.13 bits per heavy atom. The summed E-state index contributed by atoms with van der Waals surface area (Å²) in [6.45, 7) is 1.54. The van der Waals surface area contributed by atoms with E-state index in [9.17, 15) is 9.90 Å². The van der Waals surface area contributed by atoms with Crippen LogP contribution in [0.4, 0.5) is 0 Å². The molecule has 1 aliphatic carbocycles. The molecule has 0 aliphatic heterocycles. The molecule has 82 valence electrons. The lowest BCUT2D eigenvalue weighted by Gasteiger charge is -2.15. The molecule has 0 aromatic carbocycles. The molecule has 4 heteroatoms. The minimum absolute atomic E-state index is 0.00598. The van der Waals surface area contributed by atoms with Gasteiger partial charge in [0, 0.05) is 11.8 Å². The second-order valence-electron chi connectivity index (χ2n) is 3.94. The highest BCUT2D eigenvalue weighted by Crippen LogP contribution is 2.37. The van der Waals surface area contributed by atoms with Crippen molar-refractivity contribution < 1.29 is 9.90 Å². The number of amides is 1. The van der Waals surface area contributed by atoms with Gasteiger partial charge >= 0.3 is 0 Å². The average Bonchev–Trinajstić information content (AvgIpc) is 2.59. The van der Waals surface area contributed by atoms with E-state index in [2.05, 4.69) is 5.32 Å². The van der Waals surface area contributed by atoms with Crippen molar-refractivity contribution in [2.75, 3.05) is 0 Å². The number of aliphatic hydroxyl groups is 1. The van der Waals surface area contributed by atoms with Crippen molar-refractivity contribution >= 4 is 17.2 Å². The number of aliphatic hydroxyl groups excluding tert-OH is 1. The van der Waals surface area contributed by atoms with Gasteiger partial charge in [0.2, 0.25) is 5.91 Å². The lowest BCUT2D eigenvalue weighted by Crippen LogP contribution is -2.25. The Labute approximate surface area is 93.1 Å². The van der Waals surface area contributed by atoms with Crippen LogP contribution in [-0.4, -0.2) is 11.0 Å². The summed E-state index contributed by atoms with van der Waals surface area (Å²) in [7, 11) is 0. The van der Waals surface area contributed by atoms with Gasteiger partial charge in [-0.3, -0.25) is 4.79 Å². The molecule has 2 atom stereocenters. The number of carbonyl (C=O) groups is 1. The Balaban J connectivity index is 2.27. The fraction of sp³-hybridized carbons (Fsp3) is 0.545. The lowest BCUT2D eigenvalue weighted by molar-refractivity contribution is -0.119. The van der Waals surface area contributed by atoms with Gasteiger partial charge in [0.05, 0.1) is 12.1 Å². The van der Waals surface area contributed by atoms with Gasteiger partial charge in [0.25, 0.3) is 0 Å². The van der Waals surface area contributed by atoms with Gasteiger partial charge < -0.3 is 10.4 Å². The van der Waals surface area contributed by atoms with E-state index >= 15 is 0 Å². The van der Waals surface area contributed by atoms with Crippen molar-refractivity contribution in [3.8, 4) is 0 Å². The van der Waals surface area contributed by atoms with E-state index in [0.29, 0.717) is 0 Å². The van der Waals surface area contributed by atoms with Crippen LogP contribution in [0.1, 0.15) is 48.8 Å². The van der Waals surface area contributed by atoms with E-state index < -0.39 is 0 Å². The van der Waals surface area contributed by atoms with Crippen LogP contribution in [0.5, 0.6) is 0 Å². The second-order valence-corrected chi connectivity index (χ2v) is 4.89. The van der Waals surface area contributed by atoms with E-state index in [1.54, 1.807) is 11.3 Å². The normalized spacial score (nSPS) is 25.5. The largest absolute Gasteiger partial charge is 0.388 e. The molecule has 1 amide bonds. The van der Waals surface area contributed by atoms with Crippen LogP contribution in [0, 0.1) is 0 Å². The molecule has 0 spiro atoms. The first-order valence-corrected chi connectivity index (χ1v) is 6.09. The third kappa shape index (κ3) is 2.21. The molecule has 0 unspecified atom stereocenters. The summed E-state index contributed by atoms with van der Waals surface area (Å²) in [5, 5.41) is 14.8. The summed E-state index contributed by atoms with van der Waals surface area (Å²) in [6, 6.07) is 2.09. The first-order chi connectivity index (χ1) is 7.18. The van der Waals surface area contributed by atoms with E-state index in [4.69, 9.17) is 0 Å². The minimum atomic E-state index is -0.348. The third-order valence-corrected chi connectivity index (χ3v) is 3.79. The van der Waals surface area contributed by atoms with Crippen LogP contribution in [0.3, 0.4) is 0 Å². The molecule has 0 radical (unpaired) electrons. The third-order valence-electron chi connectivity index (χ3n) is 2.75. The summed E-state index contributed by atoms with van der Waals surface area (Å²) in [6.07, 6.45) is 2.32. The predicted molar refractivity (Wildman–Crippen MR) is 59.7 cm³/mol. The summed E-state index contributed by atoms with van der Waals surface area (Å²) in [4.78, 5) is 12.1. The highest BCUT2D eigenvalue weighted by molar-refractivity contribution is 7.10. The van der Waals surface area contributed by atoms with Crippen molar-refractivity contribution in [2.24, 2.45) is 0 Å². The maximum atomic E-state index is 11.1. The summed E-state index contributed by atoms with van der Waals surface area (Å²) < 4.78 is 0. The van der Waals surface area contributed by atoms with Crippen molar-refractivity contribution in [2.45, 2.75) is 38.3 Å². The number of thiophene rings is 1. The molecule has 1 aliphatic rings. The van der Waals surface area contributed by atoms with Crippen molar-refractivity contribution in [1.29, 1.82) is 0 Å². The van der Waals surface area contributed by atoms with Gasteiger partial charge in [-0.25, -0.2) is 0 Å². The number of fused-ring (bicyclic) bond motifs is 1. The molecule has 2 rings (SSSR count). The fourth-order valence-electron chi connectivity index (χ4n) is 2.09. The molecule has 1 aromatic rings. The molecule has 1 heterocycles. The summed E-state index contributed by atoms with van der Waals surface area (Å²) in [5.74, 6) is -0.00598. The first kappa shape index (κ1) is 10.6.